The lowest BCUT2D eigenvalue weighted by Gasteiger charge is -2.40. The fraction of sp³-hybridized carbons (Fsp3) is 0.600. The average molecular weight is 282 g/mol. The zero-order valence-corrected chi connectivity index (χ0v) is 12.7. The summed E-state index contributed by atoms with van der Waals surface area (Å²) in [5.74, 6) is 0. The lowest BCUT2D eigenvalue weighted by atomic mass is 10.1. The van der Waals surface area contributed by atoms with Crippen molar-refractivity contribution >= 4 is 17.3 Å². The lowest BCUT2D eigenvalue weighted by Crippen LogP contribution is -2.51. The molecule has 1 aliphatic rings. The average Bonchev–Trinajstić information content (AvgIpc) is 2.39. The van der Waals surface area contributed by atoms with Gasteiger partial charge in [0.15, 0.2) is 0 Å². The first-order valence-corrected chi connectivity index (χ1v) is 7.51. The van der Waals surface area contributed by atoms with Crippen molar-refractivity contribution in [3.63, 3.8) is 0 Å². The van der Waals surface area contributed by atoms with Crippen molar-refractivity contribution in [2.24, 2.45) is 5.73 Å². The largest absolute Gasteiger partial charge is 0.367 e. The molecular weight excluding hydrogens is 258 g/mol. The summed E-state index contributed by atoms with van der Waals surface area (Å²) in [4.78, 5) is 4.90. The molecule has 1 saturated heterocycles. The van der Waals surface area contributed by atoms with Crippen LogP contribution in [0.25, 0.3) is 0 Å². The van der Waals surface area contributed by atoms with Crippen molar-refractivity contribution in [3.05, 3.63) is 28.8 Å². The second kappa shape index (κ2) is 6.60. The second-order valence-electron chi connectivity index (χ2n) is 5.25. The third-order valence-electron chi connectivity index (χ3n) is 3.96. The summed E-state index contributed by atoms with van der Waals surface area (Å²) in [5.41, 5.74) is 7.96. The van der Waals surface area contributed by atoms with Crippen LogP contribution in [0.2, 0.25) is 5.02 Å². The summed E-state index contributed by atoms with van der Waals surface area (Å²) in [5, 5.41) is 0.850. The van der Waals surface area contributed by atoms with E-state index in [1.165, 1.54) is 5.56 Å². The molecule has 19 heavy (non-hydrogen) atoms. The van der Waals surface area contributed by atoms with E-state index in [4.69, 9.17) is 17.3 Å². The molecule has 1 aromatic rings. The normalized spacial score (nSPS) is 20.8. The number of halogens is 1. The molecule has 0 radical (unpaired) electrons. The minimum Gasteiger partial charge on any atom is -0.367 e. The molecule has 1 atom stereocenters. The van der Waals surface area contributed by atoms with E-state index in [9.17, 15) is 0 Å². The SMILES string of the molecule is CCN1CCN(c2ccc(CCN)cc2Cl)CC1C. The maximum absolute atomic E-state index is 6.42. The van der Waals surface area contributed by atoms with E-state index in [0.29, 0.717) is 12.6 Å². The minimum absolute atomic E-state index is 0.582. The van der Waals surface area contributed by atoms with Gasteiger partial charge in [0.2, 0.25) is 0 Å². The number of hydrogen-bond acceptors (Lipinski definition) is 3. The molecule has 0 bridgehead atoms. The monoisotopic (exact) mass is 281 g/mol. The number of benzene rings is 1. The molecule has 0 amide bonds. The van der Waals surface area contributed by atoms with E-state index in [1.807, 2.05) is 0 Å². The molecule has 1 aromatic carbocycles. The van der Waals surface area contributed by atoms with Crippen LogP contribution in [0, 0.1) is 0 Å². The van der Waals surface area contributed by atoms with E-state index in [-0.39, 0.29) is 0 Å². The van der Waals surface area contributed by atoms with E-state index < -0.39 is 0 Å². The molecule has 1 fully saturated rings. The summed E-state index contributed by atoms with van der Waals surface area (Å²) < 4.78 is 0. The van der Waals surface area contributed by atoms with Gasteiger partial charge in [-0.2, -0.15) is 0 Å². The number of piperazine rings is 1. The molecule has 0 aromatic heterocycles. The number of rotatable bonds is 4. The summed E-state index contributed by atoms with van der Waals surface area (Å²) in [7, 11) is 0. The first kappa shape index (κ1) is 14.6. The maximum atomic E-state index is 6.42. The van der Waals surface area contributed by atoms with E-state index in [0.717, 1.165) is 43.3 Å². The van der Waals surface area contributed by atoms with Crippen molar-refractivity contribution in [1.82, 2.24) is 4.90 Å². The highest BCUT2D eigenvalue weighted by atomic mass is 35.5. The first-order valence-electron chi connectivity index (χ1n) is 7.13. The Labute approximate surface area is 121 Å². The van der Waals surface area contributed by atoms with Crippen LogP contribution in [-0.4, -0.2) is 43.7 Å². The highest BCUT2D eigenvalue weighted by Gasteiger charge is 2.23. The Kier molecular flexibility index (Phi) is 5.08. The van der Waals surface area contributed by atoms with Crippen LogP contribution < -0.4 is 10.6 Å². The molecule has 2 N–H and O–H groups in total. The van der Waals surface area contributed by atoms with Crippen LogP contribution in [0.5, 0.6) is 0 Å². The Morgan fingerprint density at radius 2 is 2.16 bits per heavy atom. The van der Waals surface area contributed by atoms with Gasteiger partial charge in [-0.15, -0.1) is 0 Å². The van der Waals surface area contributed by atoms with E-state index in [1.54, 1.807) is 0 Å². The van der Waals surface area contributed by atoms with Gasteiger partial charge in [-0.1, -0.05) is 24.6 Å². The van der Waals surface area contributed by atoms with E-state index >= 15 is 0 Å². The number of likely N-dealkylation sites (N-methyl/N-ethyl adjacent to an activating group) is 1. The van der Waals surface area contributed by atoms with Gasteiger partial charge in [-0.3, -0.25) is 4.90 Å². The third-order valence-corrected chi connectivity index (χ3v) is 4.26. The van der Waals surface area contributed by atoms with Gasteiger partial charge < -0.3 is 10.6 Å². The topological polar surface area (TPSA) is 32.5 Å². The highest BCUT2D eigenvalue weighted by molar-refractivity contribution is 6.33. The van der Waals surface area contributed by atoms with Crippen LogP contribution in [0.1, 0.15) is 19.4 Å². The van der Waals surface area contributed by atoms with Crippen LogP contribution in [0.15, 0.2) is 18.2 Å². The van der Waals surface area contributed by atoms with E-state index in [2.05, 4.69) is 41.8 Å². The second-order valence-corrected chi connectivity index (χ2v) is 5.66. The number of nitrogens with two attached hydrogens (primary N) is 1. The Morgan fingerprint density at radius 1 is 1.37 bits per heavy atom. The quantitative estimate of drug-likeness (QED) is 0.920. The molecular formula is C15H24ClN3. The van der Waals surface area contributed by atoms with Crippen molar-refractivity contribution in [3.8, 4) is 0 Å². The fourth-order valence-electron chi connectivity index (χ4n) is 2.81. The van der Waals surface area contributed by atoms with Crippen LogP contribution in [-0.2, 0) is 6.42 Å². The zero-order chi connectivity index (χ0) is 13.8. The molecule has 4 heteroatoms. The molecule has 0 spiro atoms. The van der Waals surface area contributed by atoms with Gasteiger partial charge in [0.05, 0.1) is 10.7 Å². The van der Waals surface area contributed by atoms with Crippen LogP contribution >= 0.6 is 11.6 Å². The van der Waals surface area contributed by atoms with Gasteiger partial charge >= 0.3 is 0 Å². The Bertz CT molecular complexity index is 422. The Hall–Kier alpha value is -0.770. The molecule has 3 nitrogen and oxygen atoms in total. The van der Waals surface area contributed by atoms with Crippen molar-refractivity contribution in [1.29, 1.82) is 0 Å². The fourth-order valence-corrected chi connectivity index (χ4v) is 3.14. The molecule has 1 unspecified atom stereocenters. The van der Waals surface area contributed by atoms with Gasteiger partial charge in [-0.05, 0) is 44.1 Å². The van der Waals surface area contributed by atoms with Crippen LogP contribution in [0.4, 0.5) is 5.69 Å². The minimum atomic E-state index is 0.582. The predicted octanol–water partition coefficient (Wildman–Crippen LogP) is 2.37. The molecule has 0 saturated carbocycles. The molecule has 106 valence electrons. The third kappa shape index (κ3) is 3.41. The zero-order valence-electron chi connectivity index (χ0n) is 11.9. The van der Waals surface area contributed by atoms with Gasteiger partial charge in [0.1, 0.15) is 0 Å². The van der Waals surface area contributed by atoms with Crippen molar-refractivity contribution in [2.45, 2.75) is 26.3 Å². The molecule has 1 aliphatic heterocycles. The molecule has 2 rings (SSSR count). The maximum Gasteiger partial charge on any atom is 0.0642 e. The Morgan fingerprint density at radius 3 is 2.74 bits per heavy atom. The van der Waals surface area contributed by atoms with Crippen molar-refractivity contribution in [2.75, 3.05) is 37.6 Å². The van der Waals surface area contributed by atoms with Crippen LogP contribution in [0.3, 0.4) is 0 Å². The molecule has 1 heterocycles. The number of anilines is 1. The highest BCUT2D eigenvalue weighted by Crippen LogP contribution is 2.28. The van der Waals surface area contributed by atoms with Gasteiger partial charge in [0.25, 0.3) is 0 Å². The smallest absolute Gasteiger partial charge is 0.0642 e. The lowest BCUT2D eigenvalue weighted by molar-refractivity contribution is 0.199. The standard InChI is InChI=1S/C15H24ClN3/c1-3-18-8-9-19(11-12(18)2)15-5-4-13(6-7-17)10-14(15)16/h4-5,10,12H,3,6-9,11,17H2,1-2H3. The summed E-state index contributed by atoms with van der Waals surface area (Å²) >= 11 is 6.42. The van der Waals surface area contributed by atoms with Crippen molar-refractivity contribution < 1.29 is 0 Å². The predicted molar refractivity (Wildman–Crippen MR) is 83.1 cm³/mol. The molecule has 0 aliphatic carbocycles. The Balaban J connectivity index is 2.10. The number of nitrogens with zero attached hydrogens (tertiary/aromatic N) is 2. The summed E-state index contributed by atoms with van der Waals surface area (Å²) in [6.45, 7) is 9.50. The number of hydrogen-bond donors (Lipinski definition) is 1. The summed E-state index contributed by atoms with van der Waals surface area (Å²) in [6, 6.07) is 6.92. The van der Waals surface area contributed by atoms with Gasteiger partial charge in [0, 0.05) is 25.7 Å². The summed E-state index contributed by atoms with van der Waals surface area (Å²) in [6.07, 6.45) is 0.889. The first-order chi connectivity index (χ1) is 9.15. The van der Waals surface area contributed by atoms with Gasteiger partial charge in [-0.25, -0.2) is 0 Å².